The van der Waals surface area contributed by atoms with Crippen LogP contribution in [0.3, 0.4) is 0 Å². The van der Waals surface area contributed by atoms with Gasteiger partial charge in [0.1, 0.15) is 0 Å². The fourth-order valence-electron chi connectivity index (χ4n) is 4.55. The number of likely N-dealkylation sites (N-methyl/N-ethyl adjacent to an activating group) is 2. The van der Waals surface area contributed by atoms with Gasteiger partial charge >= 0.3 is 0 Å². The van der Waals surface area contributed by atoms with Crippen LogP contribution in [0, 0.1) is 11.8 Å². The molecule has 2 aliphatic carbocycles. The maximum absolute atomic E-state index is 12.8. The van der Waals surface area contributed by atoms with Crippen LogP contribution in [0.2, 0.25) is 0 Å². The van der Waals surface area contributed by atoms with Crippen molar-refractivity contribution >= 4 is 5.91 Å². The summed E-state index contributed by atoms with van der Waals surface area (Å²) in [5, 5.41) is 3.49. The summed E-state index contributed by atoms with van der Waals surface area (Å²) in [5.74, 6) is 1.68. The zero-order valence-corrected chi connectivity index (χ0v) is 13.2. The Hall–Kier alpha value is -0.610. The lowest BCUT2D eigenvalue weighted by atomic mass is 9.75. The van der Waals surface area contributed by atoms with E-state index in [1.807, 2.05) is 11.9 Å². The standard InChI is InChI=1S/C16H29N3O/c1-18(2)16(8-5-9-16)11-19(3)15(20)14-13-7-4-6-12(13)10-17-14/h12-14,17H,4-11H2,1-3H3. The molecule has 0 aromatic heterocycles. The van der Waals surface area contributed by atoms with Crippen molar-refractivity contribution in [2.24, 2.45) is 11.8 Å². The van der Waals surface area contributed by atoms with Crippen LogP contribution >= 0.6 is 0 Å². The van der Waals surface area contributed by atoms with Crippen molar-refractivity contribution in [3.63, 3.8) is 0 Å². The Morgan fingerprint density at radius 2 is 1.95 bits per heavy atom. The van der Waals surface area contributed by atoms with E-state index in [2.05, 4.69) is 24.3 Å². The first-order valence-corrected chi connectivity index (χ1v) is 8.19. The van der Waals surface area contributed by atoms with Crippen LogP contribution in [0.1, 0.15) is 38.5 Å². The van der Waals surface area contributed by atoms with E-state index in [1.165, 1.54) is 38.5 Å². The molecular formula is C16H29N3O. The lowest BCUT2D eigenvalue weighted by molar-refractivity contribution is -0.135. The summed E-state index contributed by atoms with van der Waals surface area (Å²) in [6, 6.07) is 0.0896. The molecule has 0 spiro atoms. The average Bonchev–Trinajstić information content (AvgIpc) is 2.94. The lowest BCUT2D eigenvalue weighted by Gasteiger charge is -2.49. The first-order chi connectivity index (χ1) is 9.53. The molecule has 4 nitrogen and oxygen atoms in total. The number of hydrogen-bond donors (Lipinski definition) is 1. The van der Waals surface area contributed by atoms with Gasteiger partial charge in [0.05, 0.1) is 6.04 Å². The van der Waals surface area contributed by atoms with E-state index in [0.29, 0.717) is 11.8 Å². The second kappa shape index (κ2) is 5.30. The molecule has 1 aliphatic heterocycles. The van der Waals surface area contributed by atoms with Crippen molar-refractivity contribution in [2.45, 2.75) is 50.1 Å². The first kappa shape index (κ1) is 14.3. The van der Waals surface area contributed by atoms with Crippen LogP contribution in [0.15, 0.2) is 0 Å². The first-order valence-electron chi connectivity index (χ1n) is 8.19. The quantitative estimate of drug-likeness (QED) is 0.843. The van der Waals surface area contributed by atoms with Crippen LogP contribution in [0.25, 0.3) is 0 Å². The molecule has 0 bridgehead atoms. The second-order valence-electron chi connectivity index (χ2n) is 7.41. The van der Waals surface area contributed by atoms with E-state index < -0.39 is 0 Å². The Balaban J connectivity index is 1.62. The summed E-state index contributed by atoms with van der Waals surface area (Å²) in [6.07, 6.45) is 7.61. The third kappa shape index (κ3) is 2.27. The second-order valence-corrected chi connectivity index (χ2v) is 7.41. The zero-order valence-electron chi connectivity index (χ0n) is 13.2. The van der Waals surface area contributed by atoms with Gasteiger partial charge in [0.25, 0.3) is 0 Å². The minimum absolute atomic E-state index is 0.0896. The van der Waals surface area contributed by atoms with Crippen LogP contribution in [-0.2, 0) is 4.79 Å². The normalized spacial score (nSPS) is 34.9. The Morgan fingerprint density at radius 1 is 1.20 bits per heavy atom. The van der Waals surface area contributed by atoms with E-state index in [-0.39, 0.29) is 11.6 Å². The molecule has 1 N–H and O–H groups in total. The molecule has 2 saturated carbocycles. The molecule has 20 heavy (non-hydrogen) atoms. The van der Waals surface area contributed by atoms with Gasteiger partial charge in [-0.3, -0.25) is 4.79 Å². The molecule has 3 atom stereocenters. The highest BCUT2D eigenvalue weighted by Crippen LogP contribution is 2.39. The van der Waals surface area contributed by atoms with Gasteiger partial charge in [-0.2, -0.15) is 0 Å². The largest absolute Gasteiger partial charge is 0.343 e. The van der Waals surface area contributed by atoms with Gasteiger partial charge in [-0.25, -0.2) is 0 Å². The smallest absolute Gasteiger partial charge is 0.239 e. The third-order valence-corrected chi connectivity index (χ3v) is 6.15. The Labute approximate surface area is 122 Å². The van der Waals surface area contributed by atoms with E-state index in [1.54, 1.807) is 0 Å². The average molecular weight is 279 g/mol. The number of rotatable bonds is 4. The molecule has 3 fully saturated rings. The van der Waals surface area contributed by atoms with Crippen molar-refractivity contribution in [3.05, 3.63) is 0 Å². The minimum Gasteiger partial charge on any atom is -0.343 e. The number of carbonyl (C=O) groups is 1. The monoisotopic (exact) mass is 279 g/mol. The predicted molar refractivity (Wildman–Crippen MR) is 80.5 cm³/mol. The molecule has 3 unspecified atom stereocenters. The van der Waals surface area contributed by atoms with E-state index in [9.17, 15) is 4.79 Å². The highest BCUT2D eigenvalue weighted by atomic mass is 16.2. The van der Waals surface area contributed by atoms with Gasteiger partial charge in [0.2, 0.25) is 5.91 Å². The number of nitrogens with zero attached hydrogens (tertiary/aromatic N) is 2. The van der Waals surface area contributed by atoms with Crippen LogP contribution < -0.4 is 5.32 Å². The third-order valence-electron chi connectivity index (χ3n) is 6.15. The van der Waals surface area contributed by atoms with Gasteiger partial charge in [0, 0.05) is 19.1 Å². The van der Waals surface area contributed by atoms with Crippen LogP contribution in [0.5, 0.6) is 0 Å². The van der Waals surface area contributed by atoms with Gasteiger partial charge in [-0.15, -0.1) is 0 Å². The van der Waals surface area contributed by atoms with E-state index in [4.69, 9.17) is 0 Å². The summed E-state index contributed by atoms with van der Waals surface area (Å²) in [6.45, 7) is 1.93. The maximum Gasteiger partial charge on any atom is 0.239 e. The molecule has 3 rings (SSSR count). The lowest BCUT2D eigenvalue weighted by Crippen LogP contribution is -2.59. The van der Waals surface area contributed by atoms with Gasteiger partial charge < -0.3 is 15.1 Å². The molecule has 0 radical (unpaired) electrons. The Morgan fingerprint density at radius 3 is 2.55 bits per heavy atom. The fourth-order valence-corrected chi connectivity index (χ4v) is 4.55. The Kier molecular flexibility index (Phi) is 3.80. The van der Waals surface area contributed by atoms with Crippen molar-refractivity contribution in [3.8, 4) is 0 Å². The minimum atomic E-state index is 0.0896. The van der Waals surface area contributed by atoms with E-state index >= 15 is 0 Å². The topological polar surface area (TPSA) is 35.6 Å². The molecule has 1 heterocycles. The molecular weight excluding hydrogens is 250 g/mol. The van der Waals surface area contributed by atoms with Crippen molar-refractivity contribution in [1.82, 2.24) is 15.1 Å². The SMILES string of the molecule is CN(CC1(N(C)C)CCC1)C(=O)C1NCC2CCCC21. The molecule has 114 valence electrons. The maximum atomic E-state index is 12.8. The van der Waals surface area contributed by atoms with Crippen molar-refractivity contribution < 1.29 is 4.79 Å². The summed E-state index contributed by atoms with van der Waals surface area (Å²) in [5.41, 5.74) is 0.234. The van der Waals surface area contributed by atoms with E-state index in [0.717, 1.165) is 19.0 Å². The van der Waals surface area contributed by atoms with Gasteiger partial charge in [-0.05, 0) is 64.6 Å². The molecule has 1 amide bonds. The number of hydrogen-bond acceptors (Lipinski definition) is 3. The number of fused-ring (bicyclic) bond motifs is 1. The highest BCUT2D eigenvalue weighted by Gasteiger charge is 2.45. The molecule has 0 aromatic carbocycles. The summed E-state index contributed by atoms with van der Waals surface area (Å²) >= 11 is 0. The fraction of sp³-hybridized carbons (Fsp3) is 0.938. The Bertz CT molecular complexity index is 378. The number of nitrogens with one attached hydrogen (secondary N) is 1. The molecule has 0 aromatic rings. The van der Waals surface area contributed by atoms with Gasteiger partial charge in [0.15, 0.2) is 0 Å². The summed E-state index contributed by atoms with van der Waals surface area (Å²) < 4.78 is 0. The van der Waals surface area contributed by atoms with Crippen LogP contribution in [0.4, 0.5) is 0 Å². The zero-order chi connectivity index (χ0) is 14.3. The van der Waals surface area contributed by atoms with Crippen molar-refractivity contribution in [1.29, 1.82) is 0 Å². The summed E-state index contributed by atoms with van der Waals surface area (Å²) in [7, 11) is 6.30. The summed E-state index contributed by atoms with van der Waals surface area (Å²) in [4.78, 5) is 17.1. The van der Waals surface area contributed by atoms with Crippen molar-refractivity contribution in [2.75, 3.05) is 34.2 Å². The predicted octanol–water partition coefficient (Wildman–Crippen LogP) is 1.32. The molecule has 3 aliphatic rings. The number of carbonyl (C=O) groups excluding carboxylic acids is 1. The number of amides is 1. The van der Waals surface area contributed by atoms with Gasteiger partial charge in [-0.1, -0.05) is 6.42 Å². The van der Waals surface area contributed by atoms with Crippen LogP contribution in [-0.4, -0.2) is 61.5 Å². The highest BCUT2D eigenvalue weighted by molar-refractivity contribution is 5.82. The molecule has 4 heteroatoms. The molecule has 1 saturated heterocycles.